The molecule has 1 heterocycles. The van der Waals surface area contributed by atoms with Gasteiger partial charge in [0.15, 0.2) is 6.10 Å². The highest BCUT2D eigenvalue weighted by Crippen LogP contribution is 2.28. The first-order valence-corrected chi connectivity index (χ1v) is 12.6. The lowest BCUT2D eigenvalue weighted by molar-refractivity contribution is -0.290. The van der Waals surface area contributed by atoms with Crippen molar-refractivity contribution in [3.63, 3.8) is 0 Å². The summed E-state index contributed by atoms with van der Waals surface area (Å²) < 4.78 is 48.3. The largest absolute Gasteiger partial charge is 0.495 e. The number of halogens is 4. The Morgan fingerprint density at radius 3 is 2.46 bits per heavy atom. The minimum Gasteiger partial charge on any atom is -0.490 e. The number of pyridine rings is 1. The molecule has 0 radical (unpaired) electrons. The number of amides is 1. The van der Waals surface area contributed by atoms with Gasteiger partial charge in [-0.05, 0) is 75.4 Å². The van der Waals surface area contributed by atoms with Gasteiger partial charge in [0.25, 0.3) is 5.91 Å². The third-order valence-electron chi connectivity index (χ3n) is 5.65. The van der Waals surface area contributed by atoms with Gasteiger partial charge in [-0.3, -0.25) is 9.78 Å². The predicted octanol–water partition coefficient (Wildman–Crippen LogP) is 4.89. The summed E-state index contributed by atoms with van der Waals surface area (Å²) in [6.07, 6.45) is -1.51. The molecule has 1 unspecified atom stereocenters. The van der Waals surface area contributed by atoms with Crippen LogP contribution in [0.25, 0.3) is 0 Å². The number of aromatic nitrogens is 1. The van der Waals surface area contributed by atoms with E-state index < -0.39 is 36.2 Å². The fraction of sp³-hybridized carbons (Fsp3) is 0.462. The molecular weight excluding hydrogens is 545 g/mol. The van der Waals surface area contributed by atoms with E-state index in [-0.39, 0.29) is 29.7 Å². The molecule has 9 nitrogen and oxygen atoms in total. The molecule has 1 aromatic heterocycles. The van der Waals surface area contributed by atoms with Crippen molar-refractivity contribution < 1.29 is 46.8 Å². The van der Waals surface area contributed by atoms with Gasteiger partial charge in [0.2, 0.25) is 0 Å². The molecule has 0 saturated heterocycles. The normalized spacial score (nSPS) is 14.6. The van der Waals surface area contributed by atoms with Crippen LogP contribution in [-0.2, 0) is 37.1 Å². The number of ether oxygens (including phenoxy) is 2. The average Bonchev–Trinajstić information content (AvgIpc) is 3.37. The zero-order chi connectivity index (χ0) is 28.6. The maximum absolute atomic E-state index is 12.7. The molecule has 1 saturated carbocycles. The van der Waals surface area contributed by atoms with Crippen molar-refractivity contribution in [2.45, 2.75) is 77.0 Å². The number of nitrogens with one attached hydrogen (secondary N) is 1. The van der Waals surface area contributed by atoms with Gasteiger partial charge in [-0.1, -0.05) is 11.6 Å². The van der Waals surface area contributed by atoms with E-state index in [0.717, 1.165) is 25.7 Å². The molecule has 1 amide bonds. The number of rotatable bonds is 10. The molecule has 13 heteroatoms. The third kappa shape index (κ3) is 9.39. The second kappa shape index (κ2) is 13.6. The number of hydrogen-bond donors (Lipinski definition) is 1. The standard InChI is InChI=1S/C26H28ClF3N2O7/c1-15(2)36-22(24(34)38-39-25(35)26(28,29)30)12-16-9-10-31-17(11-16)14-32-23(33)20-8-7-19(13-21(20)27)37-18-5-3-4-6-18/h7-11,13,15,18,22H,3-6,12,14H2,1-2H3,(H,32,33). The molecule has 2 aromatic rings. The SMILES string of the molecule is CC(C)OC(Cc1ccnc(CNC(=O)c2ccc(OC3CCCC3)cc2Cl)c1)C(=O)OOC(=O)C(F)(F)F. The van der Waals surface area contributed by atoms with Crippen LogP contribution in [0.2, 0.25) is 5.02 Å². The molecule has 1 N–H and O–H groups in total. The van der Waals surface area contributed by atoms with Gasteiger partial charge in [0.05, 0.1) is 35.0 Å². The minimum absolute atomic E-state index is 0.0205. The lowest BCUT2D eigenvalue weighted by Crippen LogP contribution is -2.34. The summed E-state index contributed by atoms with van der Waals surface area (Å²) >= 11 is 6.31. The summed E-state index contributed by atoms with van der Waals surface area (Å²) in [7, 11) is 0. The van der Waals surface area contributed by atoms with Crippen molar-refractivity contribution in [2.75, 3.05) is 0 Å². The second-order valence-corrected chi connectivity index (χ2v) is 9.56. The van der Waals surface area contributed by atoms with E-state index in [1.165, 1.54) is 6.20 Å². The molecule has 1 atom stereocenters. The Morgan fingerprint density at radius 2 is 1.82 bits per heavy atom. The Morgan fingerprint density at radius 1 is 1.10 bits per heavy atom. The van der Waals surface area contributed by atoms with E-state index in [1.807, 2.05) is 0 Å². The second-order valence-electron chi connectivity index (χ2n) is 9.15. The van der Waals surface area contributed by atoms with Gasteiger partial charge < -0.3 is 14.8 Å². The van der Waals surface area contributed by atoms with Crippen LogP contribution in [0.4, 0.5) is 13.2 Å². The van der Waals surface area contributed by atoms with Gasteiger partial charge in [-0.2, -0.15) is 13.2 Å². The fourth-order valence-electron chi connectivity index (χ4n) is 3.88. The summed E-state index contributed by atoms with van der Waals surface area (Å²) in [5, 5.41) is 2.96. The highest BCUT2D eigenvalue weighted by Gasteiger charge is 2.43. The maximum Gasteiger partial charge on any atom is 0.495 e. The van der Waals surface area contributed by atoms with Gasteiger partial charge in [-0.15, -0.1) is 0 Å². The maximum atomic E-state index is 12.7. The van der Waals surface area contributed by atoms with E-state index in [4.69, 9.17) is 21.1 Å². The molecule has 39 heavy (non-hydrogen) atoms. The van der Waals surface area contributed by atoms with Crippen molar-refractivity contribution in [2.24, 2.45) is 0 Å². The van der Waals surface area contributed by atoms with Crippen LogP contribution < -0.4 is 10.1 Å². The van der Waals surface area contributed by atoms with Crippen LogP contribution in [0.1, 0.15) is 61.1 Å². The van der Waals surface area contributed by atoms with Crippen LogP contribution in [0.3, 0.4) is 0 Å². The van der Waals surface area contributed by atoms with Crippen LogP contribution in [0.5, 0.6) is 5.75 Å². The first-order valence-electron chi connectivity index (χ1n) is 12.3. The summed E-state index contributed by atoms with van der Waals surface area (Å²) in [6.45, 7) is 3.23. The van der Waals surface area contributed by atoms with Crippen LogP contribution in [0, 0.1) is 0 Å². The summed E-state index contributed by atoms with van der Waals surface area (Å²) in [6, 6.07) is 8.01. The quantitative estimate of drug-likeness (QED) is 0.316. The Kier molecular flexibility index (Phi) is 10.5. The molecule has 0 aliphatic heterocycles. The lowest BCUT2D eigenvalue weighted by atomic mass is 10.1. The highest BCUT2D eigenvalue weighted by molar-refractivity contribution is 6.34. The first-order chi connectivity index (χ1) is 18.4. The van der Waals surface area contributed by atoms with Crippen molar-refractivity contribution in [3.05, 3.63) is 58.4 Å². The van der Waals surface area contributed by atoms with E-state index in [2.05, 4.69) is 20.1 Å². The molecule has 0 spiro atoms. The fourth-order valence-corrected chi connectivity index (χ4v) is 4.14. The number of carbonyl (C=O) groups excluding carboxylic acids is 3. The van der Waals surface area contributed by atoms with Crippen molar-refractivity contribution in [3.8, 4) is 5.75 Å². The molecule has 0 bridgehead atoms. The average molecular weight is 573 g/mol. The van der Waals surface area contributed by atoms with Crippen LogP contribution in [0.15, 0.2) is 36.5 Å². The van der Waals surface area contributed by atoms with Crippen molar-refractivity contribution in [1.82, 2.24) is 10.3 Å². The van der Waals surface area contributed by atoms with E-state index in [0.29, 0.717) is 17.0 Å². The molecular formula is C26H28ClF3N2O7. The van der Waals surface area contributed by atoms with E-state index in [9.17, 15) is 27.6 Å². The Bertz CT molecular complexity index is 1170. The molecule has 3 rings (SSSR count). The van der Waals surface area contributed by atoms with Gasteiger partial charge in [0.1, 0.15) is 5.75 Å². The highest BCUT2D eigenvalue weighted by atomic mass is 35.5. The van der Waals surface area contributed by atoms with E-state index >= 15 is 0 Å². The number of hydrogen-bond acceptors (Lipinski definition) is 8. The lowest BCUT2D eigenvalue weighted by Gasteiger charge is -2.18. The Balaban J connectivity index is 1.59. The van der Waals surface area contributed by atoms with Crippen LogP contribution >= 0.6 is 11.6 Å². The summed E-state index contributed by atoms with van der Waals surface area (Å²) in [4.78, 5) is 47.6. The Labute approximate surface area is 227 Å². The van der Waals surface area contributed by atoms with Crippen molar-refractivity contribution >= 4 is 29.4 Å². The molecule has 1 aliphatic carbocycles. The van der Waals surface area contributed by atoms with Gasteiger partial charge >= 0.3 is 18.1 Å². The zero-order valence-electron chi connectivity index (χ0n) is 21.3. The van der Waals surface area contributed by atoms with Gasteiger partial charge in [-0.25, -0.2) is 19.4 Å². The predicted molar refractivity (Wildman–Crippen MR) is 132 cm³/mol. The molecule has 212 valence electrons. The molecule has 1 fully saturated rings. The molecule has 1 aromatic carbocycles. The van der Waals surface area contributed by atoms with Gasteiger partial charge in [0, 0.05) is 12.6 Å². The number of alkyl halides is 3. The third-order valence-corrected chi connectivity index (χ3v) is 5.97. The summed E-state index contributed by atoms with van der Waals surface area (Å²) in [5.41, 5.74) is 1.19. The van der Waals surface area contributed by atoms with Crippen LogP contribution in [-0.4, -0.2) is 47.3 Å². The number of carbonyl (C=O) groups is 3. The monoisotopic (exact) mass is 572 g/mol. The van der Waals surface area contributed by atoms with Crippen molar-refractivity contribution in [1.29, 1.82) is 0 Å². The topological polar surface area (TPSA) is 113 Å². The number of nitrogens with zero attached hydrogens (tertiary/aromatic N) is 1. The Hall–Kier alpha value is -3.38. The summed E-state index contributed by atoms with van der Waals surface area (Å²) in [5.74, 6) is -3.82. The smallest absolute Gasteiger partial charge is 0.490 e. The molecule has 1 aliphatic rings. The first kappa shape index (κ1) is 30.2. The minimum atomic E-state index is -5.32. The van der Waals surface area contributed by atoms with E-state index in [1.54, 1.807) is 44.2 Å². The number of benzene rings is 1. The zero-order valence-corrected chi connectivity index (χ0v) is 22.0.